The number of methoxy groups -OCH3 is 2. The highest BCUT2D eigenvalue weighted by Crippen LogP contribution is 2.31. The average Bonchev–Trinajstić information content (AvgIpc) is 3.30. The SMILES string of the molecule is COc1ccc(-c2noc(COC(=O)CNS(=O)(=O)c3ccc(C(C)=O)cc3)n2)c(OC)c1. The number of ketones is 1. The summed E-state index contributed by atoms with van der Waals surface area (Å²) in [4.78, 5) is 27.3. The van der Waals surface area contributed by atoms with Crippen LogP contribution in [-0.2, 0) is 26.2 Å². The van der Waals surface area contributed by atoms with Crippen molar-refractivity contribution in [3.8, 4) is 22.9 Å². The van der Waals surface area contributed by atoms with Crippen molar-refractivity contribution in [2.75, 3.05) is 20.8 Å². The molecule has 0 aliphatic heterocycles. The van der Waals surface area contributed by atoms with Crippen LogP contribution in [0.3, 0.4) is 0 Å². The summed E-state index contributed by atoms with van der Waals surface area (Å²) in [5.41, 5.74) is 0.919. The number of nitrogens with zero attached hydrogens (tertiary/aromatic N) is 2. The zero-order valence-corrected chi connectivity index (χ0v) is 18.8. The minimum Gasteiger partial charge on any atom is -0.497 e. The van der Waals surface area contributed by atoms with E-state index < -0.39 is 22.5 Å². The van der Waals surface area contributed by atoms with Crippen LogP contribution in [0, 0.1) is 0 Å². The Bertz CT molecular complexity index is 1250. The van der Waals surface area contributed by atoms with E-state index in [-0.39, 0.29) is 29.0 Å². The lowest BCUT2D eigenvalue weighted by molar-refractivity contribution is -0.144. The van der Waals surface area contributed by atoms with E-state index in [0.717, 1.165) is 0 Å². The van der Waals surface area contributed by atoms with E-state index in [1.165, 1.54) is 45.4 Å². The summed E-state index contributed by atoms with van der Waals surface area (Å²) in [6, 6.07) is 10.4. The Hall–Kier alpha value is -3.77. The first-order valence-corrected chi connectivity index (χ1v) is 11.0. The molecule has 1 aromatic heterocycles. The molecule has 1 heterocycles. The first-order chi connectivity index (χ1) is 15.7. The number of hydrogen-bond acceptors (Lipinski definition) is 10. The van der Waals surface area contributed by atoms with Gasteiger partial charge in [-0.05, 0) is 31.2 Å². The predicted octanol–water partition coefficient (Wildman–Crippen LogP) is 1.98. The van der Waals surface area contributed by atoms with Crippen molar-refractivity contribution in [3.63, 3.8) is 0 Å². The quantitative estimate of drug-likeness (QED) is 0.341. The Morgan fingerprint density at radius 2 is 1.79 bits per heavy atom. The van der Waals surface area contributed by atoms with Crippen LogP contribution in [0.2, 0.25) is 0 Å². The van der Waals surface area contributed by atoms with Gasteiger partial charge in [0.05, 0.1) is 24.7 Å². The van der Waals surface area contributed by atoms with E-state index in [0.29, 0.717) is 22.6 Å². The van der Waals surface area contributed by atoms with Crippen molar-refractivity contribution in [1.29, 1.82) is 0 Å². The van der Waals surface area contributed by atoms with Crippen LogP contribution in [0.5, 0.6) is 11.5 Å². The maximum Gasteiger partial charge on any atom is 0.321 e. The Morgan fingerprint density at radius 3 is 2.42 bits per heavy atom. The molecule has 2 aromatic carbocycles. The van der Waals surface area contributed by atoms with Gasteiger partial charge in [-0.15, -0.1) is 0 Å². The van der Waals surface area contributed by atoms with Crippen LogP contribution in [-0.4, -0.2) is 51.1 Å². The minimum atomic E-state index is -3.96. The number of nitrogens with one attached hydrogen (secondary N) is 1. The summed E-state index contributed by atoms with van der Waals surface area (Å²) in [6.45, 7) is 0.418. The molecule has 0 atom stereocenters. The molecule has 0 aliphatic carbocycles. The highest BCUT2D eigenvalue weighted by atomic mass is 32.2. The van der Waals surface area contributed by atoms with Gasteiger partial charge in [-0.1, -0.05) is 17.3 Å². The Balaban J connectivity index is 1.56. The smallest absolute Gasteiger partial charge is 0.321 e. The zero-order valence-electron chi connectivity index (χ0n) is 18.0. The van der Waals surface area contributed by atoms with Crippen molar-refractivity contribution in [1.82, 2.24) is 14.9 Å². The number of rotatable bonds is 10. The van der Waals surface area contributed by atoms with E-state index in [1.807, 2.05) is 0 Å². The van der Waals surface area contributed by atoms with Gasteiger partial charge in [0, 0.05) is 11.6 Å². The van der Waals surface area contributed by atoms with Crippen LogP contribution >= 0.6 is 0 Å². The highest BCUT2D eigenvalue weighted by molar-refractivity contribution is 7.89. The number of benzene rings is 2. The number of ether oxygens (including phenoxy) is 3. The second-order valence-corrected chi connectivity index (χ2v) is 8.41. The summed E-state index contributed by atoms with van der Waals surface area (Å²) in [7, 11) is -0.951. The molecule has 0 bridgehead atoms. The normalized spacial score (nSPS) is 11.1. The molecule has 174 valence electrons. The van der Waals surface area contributed by atoms with E-state index in [4.69, 9.17) is 18.7 Å². The molecular formula is C21H21N3O8S. The number of aromatic nitrogens is 2. The largest absolute Gasteiger partial charge is 0.497 e. The van der Waals surface area contributed by atoms with E-state index in [2.05, 4.69) is 14.9 Å². The summed E-state index contributed by atoms with van der Waals surface area (Å²) in [5, 5.41) is 3.84. The maximum atomic E-state index is 12.3. The van der Waals surface area contributed by atoms with Crippen LogP contribution in [0.15, 0.2) is 51.9 Å². The third-order valence-electron chi connectivity index (χ3n) is 4.45. The lowest BCUT2D eigenvalue weighted by atomic mass is 10.2. The second-order valence-electron chi connectivity index (χ2n) is 6.64. The first kappa shape index (κ1) is 23.9. The minimum absolute atomic E-state index is 0.0129. The third-order valence-corrected chi connectivity index (χ3v) is 5.87. The molecule has 33 heavy (non-hydrogen) atoms. The third kappa shape index (κ3) is 5.93. The fraction of sp³-hybridized carbons (Fsp3) is 0.238. The van der Waals surface area contributed by atoms with Crippen LogP contribution < -0.4 is 14.2 Å². The van der Waals surface area contributed by atoms with Gasteiger partial charge in [0.15, 0.2) is 12.4 Å². The molecule has 0 saturated carbocycles. The van der Waals surface area contributed by atoms with Gasteiger partial charge in [0.1, 0.15) is 18.0 Å². The van der Waals surface area contributed by atoms with Gasteiger partial charge in [0.25, 0.3) is 5.89 Å². The lowest BCUT2D eigenvalue weighted by Gasteiger charge is -2.07. The number of esters is 1. The van der Waals surface area contributed by atoms with Gasteiger partial charge < -0.3 is 18.7 Å². The zero-order chi connectivity index (χ0) is 24.0. The molecule has 0 spiro atoms. The summed E-state index contributed by atoms with van der Waals surface area (Å²) >= 11 is 0. The van der Waals surface area contributed by atoms with Crippen molar-refractivity contribution in [2.24, 2.45) is 0 Å². The Kier molecular flexibility index (Phi) is 7.41. The predicted molar refractivity (Wildman–Crippen MR) is 114 cm³/mol. The van der Waals surface area contributed by atoms with Gasteiger partial charge in [0.2, 0.25) is 15.8 Å². The fourth-order valence-electron chi connectivity index (χ4n) is 2.71. The van der Waals surface area contributed by atoms with Gasteiger partial charge in [-0.3, -0.25) is 9.59 Å². The van der Waals surface area contributed by atoms with Crippen LogP contribution in [0.25, 0.3) is 11.4 Å². The van der Waals surface area contributed by atoms with Crippen molar-refractivity contribution in [3.05, 3.63) is 53.9 Å². The molecule has 11 nitrogen and oxygen atoms in total. The lowest BCUT2D eigenvalue weighted by Crippen LogP contribution is -2.30. The maximum absolute atomic E-state index is 12.3. The number of sulfonamides is 1. The molecule has 0 saturated heterocycles. The van der Waals surface area contributed by atoms with Gasteiger partial charge in [-0.25, -0.2) is 8.42 Å². The Morgan fingerprint density at radius 1 is 1.06 bits per heavy atom. The molecule has 3 aromatic rings. The first-order valence-electron chi connectivity index (χ1n) is 9.54. The summed E-state index contributed by atoms with van der Waals surface area (Å²) < 4.78 is 47.2. The van der Waals surface area contributed by atoms with Crippen molar-refractivity contribution < 1.29 is 36.7 Å². The van der Waals surface area contributed by atoms with Gasteiger partial charge in [-0.2, -0.15) is 9.71 Å². The molecular weight excluding hydrogens is 454 g/mol. The molecule has 0 amide bonds. The van der Waals surface area contributed by atoms with E-state index >= 15 is 0 Å². The fourth-order valence-corrected chi connectivity index (χ4v) is 3.67. The molecule has 3 rings (SSSR count). The number of carbonyl (C=O) groups excluding carboxylic acids is 2. The summed E-state index contributed by atoms with van der Waals surface area (Å²) in [5.74, 6) is 0.245. The summed E-state index contributed by atoms with van der Waals surface area (Å²) in [6.07, 6.45) is 0. The van der Waals surface area contributed by atoms with Crippen molar-refractivity contribution >= 4 is 21.8 Å². The van der Waals surface area contributed by atoms with Gasteiger partial charge >= 0.3 is 5.97 Å². The number of Topliss-reactive ketones (excluding diaryl/α,β-unsaturated/α-hetero) is 1. The highest BCUT2D eigenvalue weighted by Gasteiger charge is 2.18. The average molecular weight is 475 g/mol. The number of hydrogen-bond donors (Lipinski definition) is 1. The van der Waals surface area contributed by atoms with E-state index in [9.17, 15) is 18.0 Å². The van der Waals surface area contributed by atoms with Crippen LogP contribution in [0.4, 0.5) is 0 Å². The van der Waals surface area contributed by atoms with Crippen molar-refractivity contribution in [2.45, 2.75) is 18.4 Å². The second kappa shape index (κ2) is 10.2. The molecule has 0 radical (unpaired) electrons. The molecule has 0 fully saturated rings. The van der Waals surface area contributed by atoms with Crippen LogP contribution in [0.1, 0.15) is 23.2 Å². The molecule has 0 aliphatic rings. The topological polar surface area (TPSA) is 147 Å². The molecule has 1 N–H and O–H groups in total. The standard InChI is InChI=1S/C21H21N3O8S/c1-13(25)14-4-7-16(8-5-14)33(27,28)22-11-20(26)31-12-19-23-21(24-32-19)17-9-6-15(29-2)10-18(17)30-3/h4-10,22H,11-12H2,1-3H3. The number of carbonyl (C=O) groups is 2. The molecule has 12 heteroatoms. The van der Waals surface area contributed by atoms with E-state index in [1.54, 1.807) is 18.2 Å². The monoisotopic (exact) mass is 475 g/mol. The molecule has 0 unspecified atom stereocenters. The Labute approximate surface area is 189 Å².